The Bertz CT molecular complexity index is 914. The van der Waals surface area contributed by atoms with Gasteiger partial charge in [0.15, 0.2) is 0 Å². The molecule has 3 rings (SSSR count). The molecular weight excluding hydrogens is 388 g/mol. The summed E-state index contributed by atoms with van der Waals surface area (Å²) in [7, 11) is -2.10. The second-order valence-electron chi connectivity index (χ2n) is 7.26. The smallest absolute Gasteiger partial charge is 0.243 e. The average molecular weight is 417 g/mol. The number of piperidine rings is 1. The first-order valence-corrected chi connectivity index (χ1v) is 11.4. The molecule has 0 spiro atoms. The molecule has 0 bridgehead atoms. The summed E-state index contributed by atoms with van der Waals surface area (Å²) < 4.78 is 32.5. The van der Waals surface area contributed by atoms with E-state index in [4.69, 9.17) is 4.74 Å². The number of methoxy groups -OCH3 is 1. The maximum atomic E-state index is 13.0. The molecule has 1 fully saturated rings. The van der Waals surface area contributed by atoms with Crippen LogP contribution in [0.25, 0.3) is 0 Å². The van der Waals surface area contributed by atoms with Crippen LogP contribution in [0.5, 0.6) is 5.75 Å². The second-order valence-corrected chi connectivity index (χ2v) is 9.20. The molecule has 1 aliphatic rings. The van der Waals surface area contributed by atoms with Gasteiger partial charge in [0.25, 0.3) is 0 Å². The lowest BCUT2D eigenvalue weighted by atomic mass is 9.97. The number of hydrogen-bond acceptors (Lipinski definition) is 4. The van der Waals surface area contributed by atoms with Crippen molar-refractivity contribution < 1.29 is 17.9 Å². The van der Waals surface area contributed by atoms with Crippen LogP contribution in [0.3, 0.4) is 0 Å². The molecule has 1 aliphatic heterocycles. The lowest BCUT2D eigenvalue weighted by Crippen LogP contribution is -2.46. The van der Waals surface area contributed by atoms with Crippen LogP contribution in [0.15, 0.2) is 59.5 Å². The number of hydrogen-bond donors (Lipinski definition) is 1. The number of nitrogens with zero attached hydrogens (tertiary/aromatic N) is 1. The molecule has 0 aromatic heterocycles. The van der Waals surface area contributed by atoms with Crippen LogP contribution in [-0.4, -0.2) is 38.8 Å². The number of carbonyl (C=O) groups is 1. The van der Waals surface area contributed by atoms with Gasteiger partial charge in [0.05, 0.1) is 24.0 Å². The molecule has 1 amide bonds. The predicted molar refractivity (Wildman–Crippen MR) is 112 cm³/mol. The van der Waals surface area contributed by atoms with Crippen molar-refractivity contribution in [2.45, 2.75) is 37.1 Å². The molecule has 1 saturated heterocycles. The van der Waals surface area contributed by atoms with Crippen molar-refractivity contribution in [3.05, 3.63) is 60.2 Å². The van der Waals surface area contributed by atoms with Crippen molar-refractivity contribution in [1.29, 1.82) is 0 Å². The van der Waals surface area contributed by atoms with Gasteiger partial charge in [-0.25, -0.2) is 8.42 Å². The van der Waals surface area contributed by atoms with Gasteiger partial charge in [0.1, 0.15) is 5.75 Å². The van der Waals surface area contributed by atoms with Gasteiger partial charge in [-0.1, -0.05) is 37.3 Å². The maximum Gasteiger partial charge on any atom is 0.243 e. The molecule has 2 aromatic carbocycles. The van der Waals surface area contributed by atoms with E-state index in [1.165, 1.54) is 11.4 Å². The van der Waals surface area contributed by atoms with Gasteiger partial charge >= 0.3 is 0 Å². The van der Waals surface area contributed by atoms with E-state index in [0.717, 1.165) is 12.0 Å². The van der Waals surface area contributed by atoms with Crippen LogP contribution in [0.2, 0.25) is 0 Å². The molecule has 2 atom stereocenters. The summed E-state index contributed by atoms with van der Waals surface area (Å²) in [6.07, 6.45) is 2.12. The number of amides is 1. The summed E-state index contributed by atoms with van der Waals surface area (Å²) in [4.78, 5) is 13.1. The Kier molecular flexibility index (Phi) is 6.92. The summed E-state index contributed by atoms with van der Waals surface area (Å²) >= 11 is 0. The number of sulfonamides is 1. The fourth-order valence-corrected chi connectivity index (χ4v) is 5.19. The highest BCUT2D eigenvalue weighted by atomic mass is 32.2. The van der Waals surface area contributed by atoms with E-state index in [0.29, 0.717) is 25.1 Å². The highest BCUT2D eigenvalue weighted by molar-refractivity contribution is 7.89. The minimum atomic E-state index is -3.64. The molecule has 0 aliphatic carbocycles. The van der Waals surface area contributed by atoms with E-state index in [-0.39, 0.29) is 29.3 Å². The Balaban J connectivity index is 1.69. The molecule has 6 nitrogen and oxygen atoms in total. The van der Waals surface area contributed by atoms with E-state index in [9.17, 15) is 13.2 Å². The maximum absolute atomic E-state index is 13.0. The Labute approximate surface area is 172 Å². The molecule has 0 saturated carbocycles. The van der Waals surface area contributed by atoms with Crippen molar-refractivity contribution in [2.24, 2.45) is 5.92 Å². The van der Waals surface area contributed by atoms with Gasteiger partial charge in [-0.2, -0.15) is 4.31 Å². The molecule has 7 heteroatoms. The van der Waals surface area contributed by atoms with Crippen LogP contribution in [0.1, 0.15) is 37.8 Å². The Hall–Kier alpha value is -2.38. The molecule has 29 heavy (non-hydrogen) atoms. The fraction of sp³-hybridized carbons (Fsp3) is 0.409. The zero-order chi connectivity index (χ0) is 20.9. The Morgan fingerprint density at radius 1 is 1.17 bits per heavy atom. The van der Waals surface area contributed by atoms with E-state index < -0.39 is 10.0 Å². The van der Waals surface area contributed by atoms with E-state index in [1.54, 1.807) is 24.3 Å². The first kappa shape index (κ1) is 21.3. The predicted octanol–water partition coefficient (Wildman–Crippen LogP) is 3.36. The summed E-state index contributed by atoms with van der Waals surface area (Å²) in [5.74, 6) is 0.163. The number of benzene rings is 2. The number of carbonyl (C=O) groups excluding carboxylic acids is 1. The number of ether oxygens (including phenoxy) is 1. The highest BCUT2D eigenvalue weighted by Gasteiger charge is 2.33. The summed E-state index contributed by atoms with van der Waals surface area (Å²) in [6.45, 7) is 2.65. The average Bonchev–Trinajstić information content (AvgIpc) is 2.78. The van der Waals surface area contributed by atoms with Crippen LogP contribution >= 0.6 is 0 Å². The molecule has 0 radical (unpaired) electrons. The van der Waals surface area contributed by atoms with Crippen molar-refractivity contribution in [2.75, 3.05) is 20.2 Å². The van der Waals surface area contributed by atoms with Crippen LogP contribution in [0, 0.1) is 5.92 Å². The molecule has 1 N–H and O–H groups in total. The molecule has 0 unspecified atom stereocenters. The van der Waals surface area contributed by atoms with Crippen LogP contribution < -0.4 is 10.1 Å². The largest absolute Gasteiger partial charge is 0.497 e. The minimum Gasteiger partial charge on any atom is -0.497 e. The summed E-state index contributed by atoms with van der Waals surface area (Å²) in [6, 6.07) is 16.1. The van der Waals surface area contributed by atoms with Gasteiger partial charge in [-0.05, 0) is 49.1 Å². The zero-order valence-electron chi connectivity index (χ0n) is 16.9. The van der Waals surface area contributed by atoms with Gasteiger partial charge in [0.2, 0.25) is 15.9 Å². The lowest BCUT2D eigenvalue weighted by Gasteiger charge is -2.32. The van der Waals surface area contributed by atoms with Crippen molar-refractivity contribution in [3.8, 4) is 5.75 Å². The first-order valence-electron chi connectivity index (χ1n) is 9.95. The summed E-state index contributed by atoms with van der Waals surface area (Å²) in [5.41, 5.74) is 1.06. The SMILES string of the molecule is CC[C@H](NC(=O)[C@H]1CCCN(S(=O)(=O)c2ccc(OC)cc2)C1)c1ccccc1. The quantitative estimate of drug-likeness (QED) is 0.751. The van der Waals surface area contributed by atoms with Crippen molar-refractivity contribution >= 4 is 15.9 Å². The third kappa shape index (κ3) is 4.97. The first-order chi connectivity index (χ1) is 14.0. The lowest BCUT2D eigenvalue weighted by molar-refractivity contribution is -0.126. The van der Waals surface area contributed by atoms with Crippen molar-refractivity contribution in [1.82, 2.24) is 9.62 Å². The fourth-order valence-electron chi connectivity index (χ4n) is 3.67. The van der Waals surface area contributed by atoms with Gasteiger partial charge < -0.3 is 10.1 Å². The molecule has 1 heterocycles. The Morgan fingerprint density at radius 2 is 1.86 bits per heavy atom. The zero-order valence-corrected chi connectivity index (χ0v) is 17.7. The Morgan fingerprint density at radius 3 is 2.48 bits per heavy atom. The normalized spacial score (nSPS) is 18.8. The van der Waals surface area contributed by atoms with Gasteiger partial charge in [-0.15, -0.1) is 0 Å². The standard InChI is InChI=1S/C22H28N2O4S/c1-3-21(17-8-5-4-6-9-17)23-22(25)18-10-7-15-24(16-18)29(26,27)20-13-11-19(28-2)12-14-20/h4-6,8-9,11-14,18,21H,3,7,10,15-16H2,1-2H3,(H,23,25)/t18-,21-/m0/s1. The minimum absolute atomic E-state index is 0.0720. The topological polar surface area (TPSA) is 75.7 Å². The van der Waals surface area contributed by atoms with Crippen LogP contribution in [-0.2, 0) is 14.8 Å². The van der Waals surface area contributed by atoms with E-state index in [1.807, 2.05) is 37.3 Å². The van der Waals surface area contributed by atoms with Crippen molar-refractivity contribution in [3.63, 3.8) is 0 Å². The monoisotopic (exact) mass is 416 g/mol. The van der Waals surface area contributed by atoms with Gasteiger partial charge in [0, 0.05) is 13.1 Å². The highest BCUT2D eigenvalue weighted by Crippen LogP contribution is 2.26. The third-order valence-electron chi connectivity index (χ3n) is 5.38. The molecule has 2 aromatic rings. The van der Waals surface area contributed by atoms with Crippen LogP contribution in [0.4, 0.5) is 0 Å². The van der Waals surface area contributed by atoms with E-state index >= 15 is 0 Å². The number of rotatable bonds is 7. The number of nitrogens with one attached hydrogen (secondary N) is 1. The second kappa shape index (κ2) is 9.41. The molecule has 156 valence electrons. The third-order valence-corrected chi connectivity index (χ3v) is 7.26. The molecular formula is C22H28N2O4S. The summed E-state index contributed by atoms with van der Waals surface area (Å²) in [5, 5.41) is 3.10. The van der Waals surface area contributed by atoms with E-state index in [2.05, 4.69) is 5.32 Å². The van der Waals surface area contributed by atoms with Gasteiger partial charge in [-0.3, -0.25) is 4.79 Å².